The topological polar surface area (TPSA) is 3.24 Å². The van der Waals surface area contributed by atoms with Gasteiger partial charge in [0.2, 0.25) is 0 Å². The number of hydrogen-bond acceptors (Lipinski definition) is 1. The minimum absolute atomic E-state index is 0.0776. The number of anilines is 3. The largest absolute Gasteiger partial charge is 0.310 e. The molecule has 0 radical (unpaired) electrons. The van der Waals surface area contributed by atoms with E-state index in [2.05, 4.69) is 245 Å². The minimum Gasteiger partial charge on any atom is -0.310 e. The summed E-state index contributed by atoms with van der Waals surface area (Å²) in [5, 5.41) is 5.08. The van der Waals surface area contributed by atoms with E-state index >= 15 is 0 Å². The highest BCUT2D eigenvalue weighted by Gasteiger charge is 2.38. The predicted octanol–water partition coefficient (Wildman–Crippen LogP) is 17.1. The van der Waals surface area contributed by atoms with Gasteiger partial charge < -0.3 is 4.90 Å². The third-order valence-electron chi connectivity index (χ3n) is 14.3. The standard InChI is InChI=1S/C62H47N/c1-61(2)56-28-13-10-25-53(56)60-52(26-16-29-57(60)61)51-24-11-14-30-59(51)63(44-34-31-40(32-35-44)54-38-43-17-5-6-20-46(43)47-21-7-8-22-48(47)54)45-19-15-18-41(37-45)42-33-36-50-49-23-9-12-27-55(49)62(3,4)58(50)39-42/h5-39H,1-4H3. The van der Waals surface area contributed by atoms with E-state index in [4.69, 9.17) is 0 Å². The van der Waals surface area contributed by atoms with Gasteiger partial charge in [-0.15, -0.1) is 0 Å². The lowest BCUT2D eigenvalue weighted by Gasteiger charge is -2.29. The molecular weight excluding hydrogens is 759 g/mol. The summed E-state index contributed by atoms with van der Waals surface area (Å²) in [6, 6.07) is 79.1. The molecule has 0 saturated heterocycles. The van der Waals surface area contributed by atoms with Crippen molar-refractivity contribution in [3.8, 4) is 55.6 Å². The van der Waals surface area contributed by atoms with Gasteiger partial charge >= 0.3 is 0 Å². The molecule has 10 aromatic rings. The van der Waals surface area contributed by atoms with E-state index in [1.807, 2.05) is 0 Å². The lowest BCUT2D eigenvalue weighted by Crippen LogP contribution is -2.15. The van der Waals surface area contributed by atoms with E-state index in [-0.39, 0.29) is 10.8 Å². The Morgan fingerprint density at radius 3 is 1.67 bits per heavy atom. The molecule has 2 aliphatic carbocycles. The first-order valence-electron chi connectivity index (χ1n) is 22.3. The van der Waals surface area contributed by atoms with Crippen molar-refractivity contribution in [3.63, 3.8) is 0 Å². The van der Waals surface area contributed by atoms with Crippen molar-refractivity contribution in [1.29, 1.82) is 0 Å². The van der Waals surface area contributed by atoms with E-state index in [1.165, 1.54) is 99.4 Å². The molecule has 0 saturated carbocycles. The summed E-state index contributed by atoms with van der Waals surface area (Å²) in [7, 11) is 0. The molecule has 1 nitrogen and oxygen atoms in total. The van der Waals surface area contributed by atoms with E-state index < -0.39 is 0 Å². The number of rotatable bonds is 6. The van der Waals surface area contributed by atoms with Crippen LogP contribution in [0.2, 0.25) is 0 Å². The summed E-state index contributed by atoms with van der Waals surface area (Å²) in [6.07, 6.45) is 0. The number of nitrogens with zero attached hydrogens (tertiary/aromatic N) is 1. The van der Waals surface area contributed by atoms with E-state index in [1.54, 1.807) is 0 Å². The number of para-hydroxylation sites is 1. The average Bonchev–Trinajstić information content (AvgIpc) is 3.71. The Hall–Kier alpha value is -7.48. The molecule has 1 heteroatoms. The van der Waals surface area contributed by atoms with Crippen molar-refractivity contribution in [2.45, 2.75) is 38.5 Å². The number of hydrogen-bond donors (Lipinski definition) is 0. The van der Waals surface area contributed by atoms with Crippen molar-refractivity contribution >= 4 is 38.6 Å². The van der Waals surface area contributed by atoms with Gasteiger partial charge in [0.05, 0.1) is 5.69 Å². The second kappa shape index (κ2) is 14.0. The molecule has 10 aromatic carbocycles. The summed E-state index contributed by atoms with van der Waals surface area (Å²) < 4.78 is 0. The van der Waals surface area contributed by atoms with Crippen molar-refractivity contribution < 1.29 is 0 Å². The van der Waals surface area contributed by atoms with Gasteiger partial charge in [0.1, 0.15) is 0 Å². The molecule has 0 unspecified atom stereocenters. The highest BCUT2D eigenvalue weighted by molar-refractivity contribution is 6.14. The molecule has 0 atom stereocenters. The summed E-state index contributed by atoms with van der Waals surface area (Å²) in [5.41, 5.74) is 21.4. The van der Waals surface area contributed by atoms with Crippen LogP contribution in [0.5, 0.6) is 0 Å². The molecule has 0 heterocycles. The molecule has 0 spiro atoms. The zero-order chi connectivity index (χ0) is 42.5. The molecule has 0 N–H and O–H groups in total. The van der Waals surface area contributed by atoms with Gasteiger partial charge in [-0.05, 0) is 136 Å². The van der Waals surface area contributed by atoms with Crippen LogP contribution in [0.25, 0.3) is 77.2 Å². The van der Waals surface area contributed by atoms with Gasteiger partial charge in [-0.25, -0.2) is 0 Å². The normalized spacial score (nSPS) is 14.0. The van der Waals surface area contributed by atoms with Crippen LogP contribution in [-0.4, -0.2) is 0 Å². The van der Waals surface area contributed by atoms with E-state index in [0.717, 1.165) is 17.1 Å². The predicted molar refractivity (Wildman–Crippen MR) is 268 cm³/mol. The molecule has 0 bridgehead atoms. The van der Waals surface area contributed by atoms with Gasteiger partial charge in [-0.1, -0.05) is 198 Å². The van der Waals surface area contributed by atoms with Crippen LogP contribution in [0.4, 0.5) is 17.1 Å². The molecule has 300 valence electrons. The van der Waals surface area contributed by atoms with Crippen molar-refractivity contribution in [2.75, 3.05) is 4.90 Å². The fourth-order valence-corrected chi connectivity index (χ4v) is 11.1. The van der Waals surface area contributed by atoms with Crippen LogP contribution in [0.3, 0.4) is 0 Å². The van der Waals surface area contributed by atoms with Crippen molar-refractivity contribution in [3.05, 3.63) is 235 Å². The Bertz CT molecular complexity index is 3460. The second-order valence-electron chi connectivity index (χ2n) is 18.5. The van der Waals surface area contributed by atoms with Crippen LogP contribution < -0.4 is 4.90 Å². The second-order valence-corrected chi connectivity index (χ2v) is 18.5. The average molecular weight is 806 g/mol. The highest BCUT2D eigenvalue weighted by Crippen LogP contribution is 2.54. The van der Waals surface area contributed by atoms with Crippen molar-refractivity contribution in [2.24, 2.45) is 0 Å². The molecule has 0 aromatic heterocycles. The first-order chi connectivity index (χ1) is 30.8. The van der Waals surface area contributed by atoms with Gasteiger partial charge in [0.15, 0.2) is 0 Å². The molecular formula is C62H47N. The Morgan fingerprint density at radius 1 is 0.302 bits per heavy atom. The first-order valence-corrected chi connectivity index (χ1v) is 22.3. The van der Waals surface area contributed by atoms with Crippen LogP contribution in [0.1, 0.15) is 49.9 Å². The van der Waals surface area contributed by atoms with Crippen LogP contribution in [0, 0.1) is 0 Å². The molecule has 0 amide bonds. The Morgan fingerprint density at radius 2 is 0.857 bits per heavy atom. The maximum atomic E-state index is 2.47. The van der Waals surface area contributed by atoms with Crippen LogP contribution >= 0.6 is 0 Å². The van der Waals surface area contributed by atoms with E-state index in [0.29, 0.717) is 0 Å². The zero-order valence-electron chi connectivity index (χ0n) is 36.2. The Kier molecular flexibility index (Phi) is 8.30. The minimum atomic E-state index is -0.0978. The van der Waals surface area contributed by atoms with Crippen molar-refractivity contribution in [1.82, 2.24) is 0 Å². The maximum Gasteiger partial charge on any atom is 0.0540 e. The van der Waals surface area contributed by atoms with Gasteiger partial charge in [-0.2, -0.15) is 0 Å². The highest BCUT2D eigenvalue weighted by atomic mass is 15.1. The van der Waals surface area contributed by atoms with Crippen LogP contribution in [-0.2, 0) is 10.8 Å². The summed E-state index contributed by atoms with van der Waals surface area (Å²) in [4.78, 5) is 2.47. The molecule has 2 aliphatic rings. The lowest BCUT2D eigenvalue weighted by atomic mass is 9.81. The zero-order valence-corrected chi connectivity index (χ0v) is 36.2. The molecule has 0 fully saturated rings. The monoisotopic (exact) mass is 805 g/mol. The molecule has 63 heavy (non-hydrogen) atoms. The quantitative estimate of drug-likeness (QED) is 0.151. The molecule has 12 rings (SSSR count). The van der Waals surface area contributed by atoms with Gasteiger partial charge in [0.25, 0.3) is 0 Å². The Balaban J connectivity index is 1.04. The third-order valence-corrected chi connectivity index (χ3v) is 14.3. The first kappa shape index (κ1) is 37.3. The summed E-state index contributed by atoms with van der Waals surface area (Å²) >= 11 is 0. The van der Waals surface area contributed by atoms with Gasteiger partial charge in [-0.3, -0.25) is 0 Å². The SMILES string of the molecule is CC1(C)c2ccccc2-c2ccc(-c3cccc(N(c4ccc(-c5cc6ccccc6c6ccccc56)cc4)c4ccccc4-c4cccc5c4-c4ccccc4C5(C)C)c3)cc21. The smallest absolute Gasteiger partial charge is 0.0540 e. The number of fused-ring (bicyclic) bond motifs is 9. The lowest BCUT2D eigenvalue weighted by molar-refractivity contribution is 0.660. The summed E-state index contributed by atoms with van der Waals surface area (Å²) in [6.45, 7) is 9.45. The van der Waals surface area contributed by atoms with Gasteiger partial charge in [0, 0.05) is 27.8 Å². The van der Waals surface area contributed by atoms with Crippen LogP contribution in [0.15, 0.2) is 212 Å². The molecule has 0 aliphatic heterocycles. The number of benzene rings is 10. The summed E-state index contributed by atoms with van der Waals surface area (Å²) in [5.74, 6) is 0. The fourth-order valence-electron chi connectivity index (χ4n) is 11.1. The van der Waals surface area contributed by atoms with E-state index in [9.17, 15) is 0 Å². The fraction of sp³-hybridized carbons (Fsp3) is 0.0968. The maximum absolute atomic E-state index is 2.47. The Labute approximate surface area is 370 Å². The third kappa shape index (κ3) is 5.69.